The van der Waals surface area contributed by atoms with E-state index in [9.17, 15) is 13.2 Å². The van der Waals surface area contributed by atoms with E-state index in [1.54, 1.807) is 0 Å². The molecule has 0 spiro atoms. The lowest BCUT2D eigenvalue weighted by Gasteiger charge is -2.09. The second-order valence-electron chi connectivity index (χ2n) is 5.02. The maximum Gasteiger partial charge on any atom is 0.335 e. The van der Waals surface area contributed by atoms with Crippen LogP contribution < -0.4 is 0 Å². The molecule has 110 valence electrons. The second-order valence-corrected chi connectivity index (χ2v) is 7.01. The molecule has 0 amide bonds. The van der Waals surface area contributed by atoms with Crippen molar-refractivity contribution in [2.24, 2.45) is 0 Å². The van der Waals surface area contributed by atoms with Gasteiger partial charge in [0.25, 0.3) is 0 Å². The Labute approximate surface area is 124 Å². The van der Waals surface area contributed by atoms with Gasteiger partial charge in [0.1, 0.15) is 0 Å². The van der Waals surface area contributed by atoms with E-state index in [-0.39, 0.29) is 16.2 Å². The molecule has 0 heterocycles. The number of aromatic carboxylic acids is 1. The van der Waals surface area contributed by atoms with Gasteiger partial charge < -0.3 is 5.11 Å². The Hall–Kier alpha value is -2.14. The van der Waals surface area contributed by atoms with Gasteiger partial charge in [-0.3, -0.25) is 0 Å². The molecule has 0 atom stereocenters. The Balaban J connectivity index is 2.41. The quantitative estimate of drug-likeness (QED) is 0.942. The fourth-order valence-electron chi connectivity index (χ4n) is 2.07. The topological polar surface area (TPSA) is 71.4 Å². The van der Waals surface area contributed by atoms with Crippen molar-refractivity contribution >= 4 is 15.8 Å². The molecular formula is C16H16O4S. The molecule has 0 fully saturated rings. The molecule has 4 nitrogen and oxygen atoms in total. The standard InChI is InChI=1S/C16H16O4S/c1-11-6-7-12(2)14(8-11)10-21(19,20)15-5-3-4-13(9-15)16(17)18/h3-9H,10H2,1-2H3,(H,17,18). The van der Waals surface area contributed by atoms with Crippen LogP contribution in [0.2, 0.25) is 0 Å². The van der Waals surface area contributed by atoms with Crippen molar-refractivity contribution in [2.45, 2.75) is 24.5 Å². The number of hydrogen-bond acceptors (Lipinski definition) is 3. The smallest absolute Gasteiger partial charge is 0.335 e. The van der Waals surface area contributed by atoms with Gasteiger partial charge in [0, 0.05) is 0 Å². The number of aryl methyl sites for hydroxylation is 2. The third-order valence-electron chi connectivity index (χ3n) is 3.29. The zero-order chi connectivity index (χ0) is 15.6. The van der Waals surface area contributed by atoms with Crippen LogP contribution in [0.15, 0.2) is 47.4 Å². The van der Waals surface area contributed by atoms with Gasteiger partial charge in [0.2, 0.25) is 0 Å². The van der Waals surface area contributed by atoms with Gasteiger partial charge in [-0.05, 0) is 43.2 Å². The van der Waals surface area contributed by atoms with Crippen molar-refractivity contribution < 1.29 is 18.3 Å². The van der Waals surface area contributed by atoms with Gasteiger partial charge in [0.05, 0.1) is 16.2 Å². The number of benzene rings is 2. The van der Waals surface area contributed by atoms with Crippen LogP contribution in [0.25, 0.3) is 0 Å². The molecule has 21 heavy (non-hydrogen) atoms. The minimum Gasteiger partial charge on any atom is -0.478 e. The Morgan fingerprint density at radius 2 is 1.81 bits per heavy atom. The van der Waals surface area contributed by atoms with E-state index in [1.807, 2.05) is 32.0 Å². The van der Waals surface area contributed by atoms with Crippen molar-refractivity contribution in [3.63, 3.8) is 0 Å². The average Bonchev–Trinajstić information content (AvgIpc) is 2.43. The molecule has 2 aromatic carbocycles. The minimum atomic E-state index is -3.57. The first-order chi connectivity index (χ1) is 9.79. The summed E-state index contributed by atoms with van der Waals surface area (Å²) in [5, 5.41) is 8.95. The summed E-state index contributed by atoms with van der Waals surface area (Å²) >= 11 is 0. The van der Waals surface area contributed by atoms with Gasteiger partial charge in [-0.1, -0.05) is 29.8 Å². The minimum absolute atomic E-state index is 0.0305. The summed E-state index contributed by atoms with van der Waals surface area (Å²) in [5.74, 6) is -1.28. The lowest BCUT2D eigenvalue weighted by atomic mass is 10.1. The summed E-state index contributed by atoms with van der Waals surface area (Å²) in [6.45, 7) is 3.76. The highest BCUT2D eigenvalue weighted by atomic mass is 32.2. The number of sulfone groups is 1. The van der Waals surface area contributed by atoms with Crippen molar-refractivity contribution in [3.8, 4) is 0 Å². The summed E-state index contributed by atoms with van der Waals surface area (Å²) < 4.78 is 24.9. The van der Waals surface area contributed by atoms with Crippen LogP contribution in [-0.4, -0.2) is 19.5 Å². The van der Waals surface area contributed by atoms with E-state index in [4.69, 9.17) is 5.11 Å². The first-order valence-electron chi connectivity index (χ1n) is 6.42. The Morgan fingerprint density at radius 3 is 2.48 bits per heavy atom. The first-order valence-corrected chi connectivity index (χ1v) is 8.07. The SMILES string of the molecule is Cc1ccc(C)c(CS(=O)(=O)c2cccc(C(=O)O)c2)c1. The summed E-state index contributed by atoms with van der Waals surface area (Å²) in [4.78, 5) is 11.0. The molecule has 0 aromatic heterocycles. The van der Waals surface area contributed by atoms with Crippen LogP contribution in [0.4, 0.5) is 0 Å². The van der Waals surface area contributed by atoms with Gasteiger partial charge in [-0.2, -0.15) is 0 Å². The molecule has 2 aromatic rings. The van der Waals surface area contributed by atoms with Crippen LogP contribution in [0.5, 0.6) is 0 Å². The van der Waals surface area contributed by atoms with Gasteiger partial charge >= 0.3 is 5.97 Å². The lowest BCUT2D eigenvalue weighted by Crippen LogP contribution is -2.08. The molecule has 0 unspecified atom stereocenters. The Bertz CT molecular complexity index is 792. The van der Waals surface area contributed by atoms with Crippen LogP contribution >= 0.6 is 0 Å². The number of rotatable bonds is 4. The van der Waals surface area contributed by atoms with Crippen molar-refractivity contribution in [3.05, 3.63) is 64.7 Å². The average molecular weight is 304 g/mol. The summed E-state index contributed by atoms with van der Waals surface area (Å²) in [6, 6.07) is 11.1. The van der Waals surface area contributed by atoms with Crippen molar-refractivity contribution in [1.82, 2.24) is 0 Å². The molecule has 5 heteroatoms. The molecule has 0 aliphatic rings. The first kappa shape index (κ1) is 15.3. The normalized spacial score (nSPS) is 11.3. The fourth-order valence-corrected chi connectivity index (χ4v) is 3.55. The number of carboxylic acid groups (broad SMARTS) is 1. The monoisotopic (exact) mass is 304 g/mol. The fraction of sp³-hybridized carbons (Fsp3) is 0.188. The molecule has 0 aliphatic carbocycles. The number of carboxylic acids is 1. The Morgan fingerprint density at radius 1 is 1.10 bits per heavy atom. The second kappa shape index (κ2) is 5.69. The van der Waals surface area contributed by atoms with E-state index in [1.165, 1.54) is 24.3 Å². The predicted octanol–water partition coefficient (Wildman–Crippen LogP) is 2.98. The van der Waals surface area contributed by atoms with Crippen LogP contribution in [0, 0.1) is 13.8 Å². The molecule has 2 rings (SSSR count). The highest BCUT2D eigenvalue weighted by molar-refractivity contribution is 7.90. The number of hydrogen-bond donors (Lipinski definition) is 1. The van der Waals surface area contributed by atoms with E-state index in [2.05, 4.69) is 0 Å². The Kier molecular flexibility index (Phi) is 4.14. The molecule has 1 N–H and O–H groups in total. The molecule has 0 saturated heterocycles. The van der Waals surface area contributed by atoms with E-state index in [0.29, 0.717) is 0 Å². The van der Waals surface area contributed by atoms with E-state index < -0.39 is 15.8 Å². The summed E-state index contributed by atoms with van der Waals surface area (Å²) in [5.41, 5.74) is 2.59. The van der Waals surface area contributed by atoms with Gasteiger partial charge in [-0.15, -0.1) is 0 Å². The van der Waals surface area contributed by atoms with Crippen LogP contribution in [-0.2, 0) is 15.6 Å². The molecule has 0 saturated carbocycles. The van der Waals surface area contributed by atoms with Crippen LogP contribution in [0.1, 0.15) is 27.0 Å². The largest absolute Gasteiger partial charge is 0.478 e. The molecule has 0 aliphatic heterocycles. The number of carbonyl (C=O) groups is 1. The molecule has 0 bridgehead atoms. The lowest BCUT2D eigenvalue weighted by molar-refractivity contribution is 0.0696. The summed E-state index contributed by atoms with van der Waals surface area (Å²) in [6.07, 6.45) is 0. The third kappa shape index (κ3) is 3.49. The molecule has 0 radical (unpaired) electrons. The zero-order valence-electron chi connectivity index (χ0n) is 11.8. The maximum absolute atomic E-state index is 12.4. The third-order valence-corrected chi connectivity index (χ3v) is 4.95. The van der Waals surface area contributed by atoms with E-state index in [0.717, 1.165) is 16.7 Å². The van der Waals surface area contributed by atoms with Crippen molar-refractivity contribution in [2.75, 3.05) is 0 Å². The maximum atomic E-state index is 12.4. The highest BCUT2D eigenvalue weighted by Gasteiger charge is 2.18. The van der Waals surface area contributed by atoms with E-state index >= 15 is 0 Å². The zero-order valence-corrected chi connectivity index (χ0v) is 12.6. The highest BCUT2D eigenvalue weighted by Crippen LogP contribution is 2.20. The summed E-state index contributed by atoms with van der Waals surface area (Å²) in [7, 11) is -3.57. The van der Waals surface area contributed by atoms with Crippen LogP contribution in [0.3, 0.4) is 0 Å². The van der Waals surface area contributed by atoms with Gasteiger partial charge in [0.15, 0.2) is 9.84 Å². The van der Waals surface area contributed by atoms with Crippen molar-refractivity contribution in [1.29, 1.82) is 0 Å². The van der Waals surface area contributed by atoms with Gasteiger partial charge in [-0.25, -0.2) is 13.2 Å². The predicted molar refractivity (Wildman–Crippen MR) is 80.2 cm³/mol. The molecular weight excluding hydrogens is 288 g/mol.